The summed E-state index contributed by atoms with van der Waals surface area (Å²) >= 11 is 0. The summed E-state index contributed by atoms with van der Waals surface area (Å²) < 4.78 is 32.5. The molecule has 3 heterocycles. The minimum atomic E-state index is -3.56. The third kappa shape index (κ3) is 6.56. The highest BCUT2D eigenvalue weighted by atomic mass is 32.2. The quantitative estimate of drug-likeness (QED) is 0.612. The third-order valence-corrected chi connectivity index (χ3v) is 8.15. The van der Waals surface area contributed by atoms with Crippen LogP contribution < -0.4 is 5.32 Å². The predicted octanol–water partition coefficient (Wildman–Crippen LogP) is 1.31. The van der Waals surface area contributed by atoms with Crippen LogP contribution >= 0.6 is 0 Å². The summed E-state index contributed by atoms with van der Waals surface area (Å²) in [6, 6.07) is 11.5. The van der Waals surface area contributed by atoms with Crippen molar-refractivity contribution in [3.8, 4) is 0 Å². The summed E-state index contributed by atoms with van der Waals surface area (Å²) in [7, 11) is -3.56. The maximum atomic E-state index is 13.2. The van der Waals surface area contributed by atoms with Gasteiger partial charge >= 0.3 is 6.03 Å². The zero-order valence-electron chi connectivity index (χ0n) is 19.6. The normalized spacial score (nSPS) is 17.7. The Morgan fingerprint density at radius 2 is 1.74 bits per heavy atom. The smallest absolute Gasteiger partial charge is 0.318 e. The monoisotopic (exact) mass is 501 g/mol. The first-order chi connectivity index (χ1) is 16.9. The molecule has 2 saturated heterocycles. The van der Waals surface area contributed by atoms with E-state index in [1.807, 2.05) is 6.07 Å². The van der Waals surface area contributed by atoms with Gasteiger partial charge in [0.05, 0.1) is 18.1 Å². The second kappa shape index (κ2) is 11.6. The molecular weight excluding hydrogens is 470 g/mol. The molecule has 2 fully saturated rings. The molecule has 188 valence electrons. The first-order valence-corrected chi connectivity index (χ1v) is 13.2. The second-order valence-electron chi connectivity index (χ2n) is 8.65. The van der Waals surface area contributed by atoms with Crippen molar-refractivity contribution >= 4 is 22.0 Å². The molecule has 0 spiro atoms. The van der Waals surface area contributed by atoms with Crippen LogP contribution in [0.1, 0.15) is 18.4 Å². The molecule has 3 amide bonds. The summed E-state index contributed by atoms with van der Waals surface area (Å²) in [6.07, 6.45) is 4.32. The molecule has 2 aliphatic rings. The third-order valence-electron chi connectivity index (χ3n) is 6.24. The molecule has 1 N–H and O–H groups in total. The lowest BCUT2D eigenvalue weighted by atomic mass is 10.1. The molecule has 1 aromatic heterocycles. The van der Waals surface area contributed by atoms with Crippen molar-refractivity contribution in [2.24, 2.45) is 0 Å². The number of benzene rings is 1. The Bertz CT molecular complexity index is 1090. The fourth-order valence-electron chi connectivity index (χ4n) is 4.24. The molecule has 0 atom stereocenters. The van der Waals surface area contributed by atoms with E-state index < -0.39 is 10.0 Å². The van der Waals surface area contributed by atoms with E-state index in [0.717, 1.165) is 5.56 Å². The highest BCUT2D eigenvalue weighted by Gasteiger charge is 2.31. The minimum absolute atomic E-state index is 0.0536. The molecule has 0 aliphatic carbocycles. The van der Waals surface area contributed by atoms with Gasteiger partial charge in [-0.05, 0) is 36.6 Å². The highest BCUT2D eigenvalue weighted by molar-refractivity contribution is 7.89. The van der Waals surface area contributed by atoms with E-state index in [4.69, 9.17) is 4.74 Å². The largest absolute Gasteiger partial charge is 0.378 e. The van der Waals surface area contributed by atoms with Gasteiger partial charge in [0, 0.05) is 51.2 Å². The molecule has 2 aliphatic heterocycles. The number of sulfonamides is 1. The van der Waals surface area contributed by atoms with Crippen molar-refractivity contribution in [3.63, 3.8) is 0 Å². The number of pyridine rings is 1. The van der Waals surface area contributed by atoms with Crippen LogP contribution in [0.4, 0.5) is 4.79 Å². The Labute approximate surface area is 205 Å². The lowest BCUT2D eigenvalue weighted by molar-refractivity contribution is -0.136. The first kappa shape index (κ1) is 25.1. The molecule has 0 saturated carbocycles. The molecule has 0 unspecified atom stereocenters. The highest BCUT2D eigenvalue weighted by Crippen LogP contribution is 2.21. The number of rotatable bonds is 7. The molecule has 0 radical (unpaired) electrons. The predicted molar refractivity (Wildman–Crippen MR) is 129 cm³/mol. The Morgan fingerprint density at radius 3 is 2.40 bits per heavy atom. The first-order valence-electron chi connectivity index (χ1n) is 11.8. The molecule has 10 nitrogen and oxygen atoms in total. The van der Waals surface area contributed by atoms with E-state index in [9.17, 15) is 18.0 Å². The van der Waals surface area contributed by atoms with Gasteiger partial charge in [0.15, 0.2) is 0 Å². The van der Waals surface area contributed by atoms with Crippen LogP contribution in [0.25, 0.3) is 0 Å². The Morgan fingerprint density at radius 1 is 1.03 bits per heavy atom. The van der Waals surface area contributed by atoms with Gasteiger partial charge in [-0.2, -0.15) is 4.31 Å². The van der Waals surface area contributed by atoms with E-state index in [1.54, 1.807) is 53.7 Å². The fourth-order valence-corrected chi connectivity index (χ4v) is 5.73. The summed E-state index contributed by atoms with van der Waals surface area (Å²) in [4.78, 5) is 33.6. The number of aromatic nitrogens is 1. The van der Waals surface area contributed by atoms with Gasteiger partial charge in [-0.15, -0.1) is 0 Å². The molecule has 11 heteroatoms. The van der Waals surface area contributed by atoms with Gasteiger partial charge in [-0.3, -0.25) is 9.78 Å². The van der Waals surface area contributed by atoms with Crippen LogP contribution in [-0.4, -0.2) is 91.4 Å². The average molecular weight is 502 g/mol. The van der Waals surface area contributed by atoms with Crippen LogP contribution in [0, 0.1) is 0 Å². The summed E-state index contributed by atoms with van der Waals surface area (Å²) in [5, 5.41) is 3.01. The van der Waals surface area contributed by atoms with Gasteiger partial charge in [-0.1, -0.05) is 24.3 Å². The van der Waals surface area contributed by atoms with Crippen LogP contribution in [0.5, 0.6) is 0 Å². The standard InChI is InChI=1S/C24H31N5O5S/c30-23(27-13-15-34-16-14-27)19-28(18-20-5-4-10-25-17-20)24(31)26-21-8-11-29(12-9-21)35(32,33)22-6-2-1-3-7-22/h1-7,10,17,21H,8-9,11-16,18-19H2,(H,26,31). The Kier molecular flexibility index (Phi) is 8.32. The van der Waals surface area contributed by atoms with Crippen molar-refractivity contribution in [1.82, 2.24) is 24.4 Å². The number of carbonyl (C=O) groups excluding carboxylic acids is 2. The molecule has 2 aromatic rings. The Hall–Kier alpha value is -3.02. The zero-order chi connectivity index (χ0) is 24.7. The van der Waals surface area contributed by atoms with E-state index in [-0.39, 0.29) is 36.0 Å². The average Bonchev–Trinajstić information content (AvgIpc) is 2.90. The minimum Gasteiger partial charge on any atom is -0.378 e. The van der Waals surface area contributed by atoms with Gasteiger partial charge in [-0.25, -0.2) is 13.2 Å². The molecular formula is C24H31N5O5S. The summed E-state index contributed by atoms with van der Waals surface area (Å²) in [6.45, 7) is 2.83. The van der Waals surface area contributed by atoms with Crippen molar-refractivity contribution < 1.29 is 22.7 Å². The van der Waals surface area contributed by atoms with Gasteiger partial charge < -0.3 is 19.9 Å². The number of ether oxygens (including phenoxy) is 1. The van der Waals surface area contributed by atoms with Crippen LogP contribution in [0.2, 0.25) is 0 Å². The van der Waals surface area contributed by atoms with E-state index in [0.29, 0.717) is 52.2 Å². The molecule has 35 heavy (non-hydrogen) atoms. The van der Waals surface area contributed by atoms with Crippen molar-refractivity contribution in [3.05, 3.63) is 60.4 Å². The molecule has 4 rings (SSSR count). The van der Waals surface area contributed by atoms with Crippen molar-refractivity contribution in [1.29, 1.82) is 0 Å². The van der Waals surface area contributed by atoms with Crippen LogP contribution in [0.15, 0.2) is 59.8 Å². The Balaban J connectivity index is 1.37. The van der Waals surface area contributed by atoms with Gasteiger partial charge in [0.1, 0.15) is 6.54 Å². The number of nitrogens with one attached hydrogen (secondary N) is 1. The topological polar surface area (TPSA) is 112 Å². The number of hydrogen-bond donors (Lipinski definition) is 1. The number of piperidine rings is 1. The summed E-state index contributed by atoms with van der Waals surface area (Å²) in [5.41, 5.74) is 0.821. The fraction of sp³-hybridized carbons (Fsp3) is 0.458. The maximum absolute atomic E-state index is 13.2. The number of carbonyl (C=O) groups is 2. The lowest BCUT2D eigenvalue weighted by Gasteiger charge is -2.34. The number of amides is 3. The van der Waals surface area contributed by atoms with E-state index in [1.165, 1.54) is 9.21 Å². The SMILES string of the molecule is O=C(CN(Cc1cccnc1)C(=O)NC1CCN(S(=O)(=O)c2ccccc2)CC1)N1CCOCC1. The molecule has 1 aromatic carbocycles. The maximum Gasteiger partial charge on any atom is 0.318 e. The number of hydrogen-bond acceptors (Lipinski definition) is 6. The van der Waals surface area contributed by atoms with E-state index in [2.05, 4.69) is 10.3 Å². The zero-order valence-corrected chi connectivity index (χ0v) is 20.4. The van der Waals surface area contributed by atoms with Crippen LogP contribution in [0.3, 0.4) is 0 Å². The number of morpholine rings is 1. The van der Waals surface area contributed by atoms with Crippen LogP contribution in [-0.2, 0) is 26.1 Å². The molecule has 0 bridgehead atoms. The lowest BCUT2D eigenvalue weighted by Crippen LogP contribution is -2.52. The van der Waals surface area contributed by atoms with Crippen molar-refractivity contribution in [2.75, 3.05) is 45.9 Å². The van der Waals surface area contributed by atoms with Gasteiger partial charge in [0.2, 0.25) is 15.9 Å². The second-order valence-corrected chi connectivity index (χ2v) is 10.6. The number of nitrogens with zero attached hydrogens (tertiary/aromatic N) is 4. The van der Waals surface area contributed by atoms with Crippen molar-refractivity contribution in [2.45, 2.75) is 30.3 Å². The van der Waals surface area contributed by atoms with E-state index >= 15 is 0 Å². The summed E-state index contributed by atoms with van der Waals surface area (Å²) in [5.74, 6) is -0.129. The number of urea groups is 1. The van der Waals surface area contributed by atoms with Gasteiger partial charge in [0.25, 0.3) is 0 Å².